The topological polar surface area (TPSA) is 46.6 Å². The van der Waals surface area contributed by atoms with Crippen molar-refractivity contribution in [2.45, 2.75) is 31.2 Å². The number of thioether (sulfide) groups is 1. The van der Waals surface area contributed by atoms with Gasteiger partial charge in [-0.25, -0.2) is 4.79 Å². The number of nitrogens with zero attached hydrogens (tertiary/aromatic N) is 1. The number of ether oxygens (including phenoxy) is 1. The third-order valence-electron chi connectivity index (χ3n) is 3.53. The first-order valence-corrected chi connectivity index (χ1v) is 8.79. The number of carbonyl (C=O) groups is 2. The van der Waals surface area contributed by atoms with Crippen molar-refractivity contribution in [1.29, 1.82) is 0 Å². The van der Waals surface area contributed by atoms with E-state index in [4.69, 9.17) is 4.74 Å². The molecule has 1 saturated carbocycles. The highest BCUT2D eigenvalue weighted by Gasteiger charge is 2.47. The maximum atomic E-state index is 12.5. The molecule has 0 radical (unpaired) electrons. The Morgan fingerprint density at radius 2 is 2.25 bits per heavy atom. The van der Waals surface area contributed by atoms with Gasteiger partial charge >= 0.3 is 5.97 Å². The Bertz CT molecular complexity index is 499. The van der Waals surface area contributed by atoms with Crippen molar-refractivity contribution in [3.63, 3.8) is 0 Å². The molecule has 0 spiro atoms. The Morgan fingerprint density at radius 3 is 2.85 bits per heavy atom. The van der Waals surface area contributed by atoms with Gasteiger partial charge in [0.1, 0.15) is 11.4 Å². The second kappa shape index (κ2) is 5.77. The summed E-state index contributed by atoms with van der Waals surface area (Å²) in [4.78, 5) is 27.5. The third kappa shape index (κ3) is 2.59. The highest BCUT2D eigenvalue weighted by atomic mass is 32.2. The van der Waals surface area contributed by atoms with Crippen LogP contribution in [-0.4, -0.2) is 35.2 Å². The van der Waals surface area contributed by atoms with Crippen LogP contribution in [-0.2, 0) is 14.3 Å². The average molecular weight is 311 g/mol. The highest BCUT2D eigenvalue weighted by Crippen LogP contribution is 2.46. The summed E-state index contributed by atoms with van der Waals surface area (Å²) in [6.07, 6.45) is 1.90. The predicted octanol–water partition coefficient (Wildman–Crippen LogP) is 2.66. The lowest BCUT2D eigenvalue weighted by atomic mass is 10.2. The molecule has 2 heterocycles. The first-order chi connectivity index (χ1) is 9.72. The Balaban J connectivity index is 1.84. The van der Waals surface area contributed by atoms with Gasteiger partial charge in [-0.3, -0.25) is 4.79 Å². The average Bonchev–Trinajstić information content (AvgIpc) is 2.98. The summed E-state index contributed by atoms with van der Waals surface area (Å²) in [6, 6.07) is 3.58. The minimum atomic E-state index is -0.430. The fourth-order valence-electron chi connectivity index (χ4n) is 2.39. The van der Waals surface area contributed by atoms with Crippen molar-refractivity contribution in [1.82, 2.24) is 4.90 Å². The Kier molecular flexibility index (Phi) is 4.03. The lowest BCUT2D eigenvalue weighted by molar-refractivity contribution is -0.154. The molecule has 1 aromatic rings. The van der Waals surface area contributed by atoms with Crippen molar-refractivity contribution < 1.29 is 14.3 Å². The molecule has 108 valence electrons. The van der Waals surface area contributed by atoms with Crippen molar-refractivity contribution in [2.24, 2.45) is 5.92 Å². The molecule has 2 aliphatic rings. The molecule has 1 aliphatic carbocycles. The Labute approximate surface area is 126 Å². The SMILES string of the molecule is CCOC(=O)C1CSC(c2cccs2)N1C(=O)C1CC1. The summed E-state index contributed by atoms with van der Waals surface area (Å²) in [7, 11) is 0. The van der Waals surface area contributed by atoms with Gasteiger partial charge in [0, 0.05) is 16.5 Å². The van der Waals surface area contributed by atoms with E-state index in [2.05, 4.69) is 0 Å². The van der Waals surface area contributed by atoms with Gasteiger partial charge in [0.2, 0.25) is 5.91 Å². The van der Waals surface area contributed by atoms with E-state index >= 15 is 0 Å². The zero-order valence-corrected chi connectivity index (χ0v) is 12.9. The van der Waals surface area contributed by atoms with Gasteiger partial charge in [0.15, 0.2) is 0 Å². The molecular weight excluding hydrogens is 294 g/mol. The fourth-order valence-corrected chi connectivity index (χ4v) is 4.78. The van der Waals surface area contributed by atoms with Crippen LogP contribution in [0.15, 0.2) is 17.5 Å². The maximum absolute atomic E-state index is 12.5. The maximum Gasteiger partial charge on any atom is 0.329 e. The summed E-state index contributed by atoms with van der Waals surface area (Å²) in [5, 5.41) is 1.98. The van der Waals surface area contributed by atoms with E-state index < -0.39 is 6.04 Å². The van der Waals surface area contributed by atoms with Gasteiger partial charge < -0.3 is 9.64 Å². The van der Waals surface area contributed by atoms with Gasteiger partial charge in [-0.2, -0.15) is 0 Å². The second-order valence-electron chi connectivity index (χ2n) is 4.99. The fraction of sp³-hybridized carbons (Fsp3) is 0.571. The lowest BCUT2D eigenvalue weighted by Gasteiger charge is -2.27. The van der Waals surface area contributed by atoms with Crippen LogP contribution in [0.3, 0.4) is 0 Å². The number of rotatable bonds is 4. The molecule has 0 aromatic carbocycles. The van der Waals surface area contributed by atoms with E-state index in [1.165, 1.54) is 0 Å². The van der Waals surface area contributed by atoms with Crippen LogP contribution in [0.5, 0.6) is 0 Å². The van der Waals surface area contributed by atoms with E-state index in [9.17, 15) is 9.59 Å². The van der Waals surface area contributed by atoms with Gasteiger partial charge in [0.25, 0.3) is 0 Å². The molecule has 2 unspecified atom stereocenters. The van der Waals surface area contributed by atoms with E-state index in [1.54, 1.807) is 34.9 Å². The third-order valence-corrected chi connectivity index (χ3v) is 5.91. The molecule has 1 aromatic heterocycles. The molecule has 1 amide bonds. The molecule has 0 N–H and O–H groups in total. The quantitative estimate of drug-likeness (QED) is 0.802. The molecule has 4 nitrogen and oxygen atoms in total. The first kappa shape index (κ1) is 13.9. The molecule has 6 heteroatoms. The van der Waals surface area contributed by atoms with Crippen LogP contribution in [0.25, 0.3) is 0 Å². The first-order valence-electron chi connectivity index (χ1n) is 6.86. The lowest BCUT2D eigenvalue weighted by Crippen LogP contribution is -2.44. The number of hydrogen-bond donors (Lipinski definition) is 0. The van der Waals surface area contributed by atoms with Crippen LogP contribution >= 0.6 is 23.1 Å². The van der Waals surface area contributed by atoms with Crippen LogP contribution in [0.2, 0.25) is 0 Å². The summed E-state index contributed by atoms with van der Waals surface area (Å²) >= 11 is 3.29. The second-order valence-corrected chi connectivity index (χ2v) is 7.08. The molecule has 2 atom stereocenters. The number of hydrogen-bond acceptors (Lipinski definition) is 5. The monoisotopic (exact) mass is 311 g/mol. The van der Waals surface area contributed by atoms with Crippen molar-refractivity contribution in [2.75, 3.05) is 12.4 Å². The number of amides is 1. The van der Waals surface area contributed by atoms with Crippen molar-refractivity contribution in [3.05, 3.63) is 22.4 Å². The minimum absolute atomic E-state index is 0.0301. The molecule has 3 rings (SSSR count). The number of thiophene rings is 1. The molecule has 20 heavy (non-hydrogen) atoms. The van der Waals surface area contributed by atoms with Crippen molar-refractivity contribution in [3.8, 4) is 0 Å². The molecular formula is C14H17NO3S2. The van der Waals surface area contributed by atoms with E-state index in [0.29, 0.717) is 12.4 Å². The summed E-state index contributed by atoms with van der Waals surface area (Å²) < 4.78 is 5.13. The normalized spacial score (nSPS) is 25.8. The van der Waals surface area contributed by atoms with Crippen LogP contribution in [0.1, 0.15) is 30.0 Å². The Hall–Kier alpha value is -1.01. The predicted molar refractivity (Wildman–Crippen MR) is 79.5 cm³/mol. The molecule has 1 saturated heterocycles. The van der Waals surface area contributed by atoms with Crippen LogP contribution in [0, 0.1) is 5.92 Å². The summed E-state index contributed by atoms with van der Waals surface area (Å²) in [6.45, 7) is 2.15. The number of carbonyl (C=O) groups excluding carboxylic acids is 2. The number of esters is 1. The van der Waals surface area contributed by atoms with E-state index in [-0.39, 0.29) is 23.2 Å². The van der Waals surface area contributed by atoms with Gasteiger partial charge in [0.05, 0.1) is 6.61 Å². The van der Waals surface area contributed by atoms with Crippen molar-refractivity contribution >= 4 is 35.0 Å². The summed E-state index contributed by atoms with van der Waals surface area (Å²) in [5.41, 5.74) is 0. The van der Waals surface area contributed by atoms with E-state index in [0.717, 1.165) is 17.7 Å². The molecule has 0 bridgehead atoms. The van der Waals surface area contributed by atoms with Gasteiger partial charge in [-0.15, -0.1) is 23.1 Å². The van der Waals surface area contributed by atoms with Gasteiger partial charge in [-0.1, -0.05) is 6.07 Å². The zero-order chi connectivity index (χ0) is 14.1. The molecule has 1 aliphatic heterocycles. The smallest absolute Gasteiger partial charge is 0.329 e. The van der Waals surface area contributed by atoms with Crippen LogP contribution < -0.4 is 0 Å². The van der Waals surface area contributed by atoms with Gasteiger partial charge in [-0.05, 0) is 31.2 Å². The van der Waals surface area contributed by atoms with Crippen LogP contribution in [0.4, 0.5) is 0 Å². The minimum Gasteiger partial charge on any atom is -0.464 e. The highest BCUT2D eigenvalue weighted by molar-refractivity contribution is 7.99. The summed E-state index contributed by atoms with van der Waals surface area (Å²) in [5.74, 6) is 0.590. The zero-order valence-electron chi connectivity index (χ0n) is 11.3. The standard InChI is InChI=1S/C14H17NO3S2/c1-2-18-14(17)10-8-20-13(11-4-3-7-19-11)15(10)12(16)9-5-6-9/h3-4,7,9-10,13H,2,5-6,8H2,1H3. The van der Waals surface area contributed by atoms with E-state index in [1.807, 2.05) is 17.5 Å². The molecule has 2 fully saturated rings. The Morgan fingerprint density at radius 1 is 1.45 bits per heavy atom. The largest absolute Gasteiger partial charge is 0.464 e.